The summed E-state index contributed by atoms with van der Waals surface area (Å²) in [5.74, 6) is 0. The van der Waals surface area contributed by atoms with Gasteiger partial charge in [-0.2, -0.15) is 4.31 Å². The van der Waals surface area contributed by atoms with E-state index in [2.05, 4.69) is 11.8 Å². The highest BCUT2D eigenvalue weighted by Crippen LogP contribution is 2.32. The molecule has 0 atom stereocenters. The maximum Gasteiger partial charge on any atom is 0.243 e. The fourth-order valence-corrected chi connectivity index (χ4v) is 5.44. The Hall–Kier alpha value is -0.990. The van der Waals surface area contributed by atoms with Crippen molar-refractivity contribution in [3.8, 4) is 0 Å². The molecule has 1 aromatic rings. The molecule has 0 aliphatic carbocycles. The highest BCUT2D eigenvalue weighted by Gasteiger charge is 2.42. The molecule has 146 valence electrons. The Balaban J connectivity index is 1.71. The molecule has 0 aromatic heterocycles. The molecule has 2 fully saturated rings. The van der Waals surface area contributed by atoms with Crippen LogP contribution in [0.4, 0.5) is 0 Å². The van der Waals surface area contributed by atoms with Crippen LogP contribution in [-0.2, 0) is 26.0 Å². The number of rotatable bonds is 8. The second-order valence-electron chi connectivity index (χ2n) is 7.26. The van der Waals surface area contributed by atoms with Crippen molar-refractivity contribution in [3.05, 3.63) is 29.8 Å². The van der Waals surface area contributed by atoms with Crippen LogP contribution in [-0.4, -0.2) is 69.7 Å². The van der Waals surface area contributed by atoms with Gasteiger partial charge in [0, 0.05) is 39.8 Å². The molecule has 0 bridgehead atoms. The van der Waals surface area contributed by atoms with Gasteiger partial charge in [-0.15, -0.1) is 0 Å². The van der Waals surface area contributed by atoms with Gasteiger partial charge in [0.2, 0.25) is 10.0 Å². The maximum atomic E-state index is 13.0. The van der Waals surface area contributed by atoms with Crippen molar-refractivity contribution < 1.29 is 17.9 Å². The van der Waals surface area contributed by atoms with E-state index in [0.29, 0.717) is 37.7 Å². The minimum Gasteiger partial charge on any atom is -0.379 e. The van der Waals surface area contributed by atoms with Gasteiger partial charge in [0.25, 0.3) is 0 Å². The summed E-state index contributed by atoms with van der Waals surface area (Å²) in [5, 5.41) is 0. The highest BCUT2D eigenvalue weighted by atomic mass is 32.2. The lowest BCUT2D eigenvalue weighted by Gasteiger charge is -2.49. The third kappa shape index (κ3) is 4.12. The SMILES string of the molecule is CCCCC1(OC)CN(Cc2ccccc2S(=O)(=O)N2CCOCC2)C1. The van der Waals surface area contributed by atoms with E-state index in [-0.39, 0.29) is 5.60 Å². The molecular formula is C19H30N2O4S. The quantitative estimate of drug-likeness (QED) is 0.689. The van der Waals surface area contributed by atoms with E-state index in [1.54, 1.807) is 19.2 Å². The molecule has 6 nitrogen and oxygen atoms in total. The van der Waals surface area contributed by atoms with E-state index in [4.69, 9.17) is 9.47 Å². The number of benzene rings is 1. The summed E-state index contributed by atoms with van der Waals surface area (Å²) >= 11 is 0. The number of unbranched alkanes of at least 4 members (excludes halogenated alkanes) is 1. The van der Waals surface area contributed by atoms with E-state index >= 15 is 0 Å². The monoisotopic (exact) mass is 382 g/mol. The molecule has 26 heavy (non-hydrogen) atoms. The second-order valence-corrected chi connectivity index (χ2v) is 9.17. The van der Waals surface area contributed by atoms with Crippen LogP contribution in [0.1, 0.15) is 31.7 Å². The zero-order valence-corrected chi connectivity index (χ0v) is 16.6. The Kier molecular flexibility index (Phi) is 6.35. The number of sulfonamides is 1. The second kappa shape index (κ2) is 8.35. The molecule has 2 aliphatic rings. The first-order valence-electron chi connectivity index (χ1n) is 9.44. The van der Waals surface area contributed by atoms with Crippen LogP contribution in [0.2, 0.25) is 0 Å². The van der Waals surface area contributed by atoms with Crippen molar-refractivity contribution in [1.29, 1.82) is 0 Å². The lowest BCUT2D eigenvalue weighted by atomic mass is 9.87. The first-order chi connectivity index (χ1) is 12.5. The van der Waals surface area contributed by atoms with Crippen LogP contribution < -0.4 is 0 Å². The van der Waals surface area contributed by atoms with Gasteiger partial charge in [-0.25, -0.2) is 8.42 Å². The summed E-state index contributed by atoms with van der Waals surface area (Å²) in [7, 11) is -1.69. The van der Waals surface area contributed by atoms with Gasteiger partial charge in [-0.3, -0.25) is 4.90 Å². The molecule has 0 amide bonds. The molecule has 3 rings (SSSR count). The molecule has 7 heteroatoms. The molecule has 0 unspecified atom stereocenters. The van der Waals surface area contributed by atoms with Crippen LogP contribution >= 0.6 is 0 Å². The zero-order valence-electron chi connectivity index (χ0n) is 15.8. The normalized spacial score (nSPS) is 21.5. The molecule has 2 saturated heterocycles. The number of hydrogen-bond donors (Lipinski definition) is 0. The lowest BCUT2D eigenvalue weighted by Crippen LogP contribution is -2.62. The third-order valence-corrected chi connectivity index (χ3v) is 7.40. The van der Waals surface area contributed by atoms with Gasteiger partial charge in [-0.1, -0.05) is 38.0 Å². The average Bonchev–Trinajstić information content (AvgIpc) is 2.64. The van der Waals surface area contributed by atoms with E-state index in [1.165, 1.54) is 4.31 Å². The number of hydrogen-bond acceptors (Lipinski definition) is 5. The van der Waals surface area contributed by atoms with Crippen molar-refractivity contribution in [2.75, 3.05) is 46.5 Å². The van der Waals surface area contributed by atoms with Gasteiger partial charge >= 0.3 is 0 Å². The zero-order chi connectivity index (χ0) is 18.6. The van der Waals surface area contributed by atoms with Crippen molar-refractivity contribution >= 4 is 10.0 Å². The molecule has 0 spiro atoms. The molecular weight excluding hydrogens is 352 g/mol. The van der Waals surface area contributed by atoms with Crippen molar-refractivity contribution in [3.63, 3.8) is 0 Å². The Morgan fingerprint density at radius 2 is 1.88 bits per heavy atom. The minimum atomic E-state index is -3.48. The lowest BCUT2D eigenvalue weighted by molar-refractivity contribution is -0.132. The fraction of sp³-hybridized carbons (Fsp3) is 0.684. The molecule has 2 aliphatic heterocycles. The van der Waals surface area contributed by atoms with E-state index < -0.39 is 10.0 Å². The first-order valence-corrected chi connectivity index (χ1v) is 10.9. The maximum absolute atomic E-state index is 13.0. The summed E-state index contributed by atoms with van der Waals surface area (Å²) in [5.41, 5.74) is 0.799. The van der Waals surface area contributed by atoms with Crippen molar-refractivity contribution in [2.24, 2.45) is 0 Å². The number of ether oxygens (including phenoxy) is 2. The third-order valence-electron chi connectivity index (χ3n) is 5.40. The Bertz CT molecular complexity index is 695. The van der Waals surface area contributed by atoms with Gasteiger partial charge in [-0.05, 0) is 18.1 Å². The molecule has 0 saturated carbocycles. The van der Waals surface area contributed by atoms with Gasteiger partial charge in [0.1, 0.15) is 0 Å². The minimum absolute atomic E-state index is 0.0615. The fourth-order valence-electron chi connectivity index (χ4n) is 3.82. The Morgan fingerprint density at radius 1 is 1.19 bits per heavy atom. The number of nitrogens with zero attached hydrogens (tertiary/aromatic N) is 2. The topological polar surface area (TPSA) is 59.1 Å². The number of methoxy groups -OCH3 is 1. The number of morpholine rings is 1. The van der Waals surface area contributed by atoms with Crippen LogP contribution in [0.15, 0.2) is 29.2 Å². The standard InChI is InChI=1S/C19H30N2O4S/c1-3-4-9-19(24-2)15-20(16-19)14-17-7-5-6-8-18(17)26(22,23)21-10-12-25-13-11-21/h5-8H,3-4,9-16H2,1-2H3. The van der Waals surface area contributed by atoms with Crippen LogP contribution in [0, 0.1) is 0 Å². The first kappa shape index (κ1) is 19.8. The van der Waals surface area contributed by atoms with Crippen LogP contribution in [0.3, 0.4) is 0 Å². The summed E-state index contributed by atoms with van der Waals surface area (Å²) < 4.78 is 38.7. The van der Waals surface area contributed by atoms with Gasteiger partial charge < -0.3 is 9.47 Å². The predicted molar refractivity (Wildman–Crippen MR) is 101 cm³/mol. The summed E-state index contributed by atoms with van der Waals surface area (Å²) in [6, 6.07) is 7.36. The molecule has 0 N–H and O–H groups in total. The van der Waals surface area contributed by atoms with Gasteiger partial charge in [0.15, 0.2) is 0 Å². The Labute approximate surface area is 157 Å². The average molecular weight is 383 g/mol. The Morgan fingerprint density at radius 3 is 2.54 bits per heavy atom. The predicted octanol–water partition coefficient (Wildman–Crippen LogP) is 2.10. The molecule has 2 heterocycles. The van der Waals surface area contributed by atoms with Crippen LogP contribution in [0.5, 0.6) is 0 Å². The number of likely N-dealkylation sites (tertiary alicyclic amines) is 1. The van der Waals surface area contributed by atoms with Gasteiger partial charge in [0.05, 0.1) is 23.7 Å². The molecule has 0 radical (unpaired) electrons. The van der Waals surface area contributed by atoms with Crippen LogP contribution in [0.25, 0.3) is 0 Å². The van der Waals surface area contributed by atoms with E-state index in [0.717, 1.165) is 37.9 Å². The summed E-state index contributed by atoms with van der Waals surface area (Å²) in [4.78, 5) is 2.69. The smallest absolute Gasteiger partial charge is 0.243 e. The summed E-state index contributed by atoms with van der Waals surface area (Å²) in [6.07, 6.45) is 3.37. The van der Waals surface area contributed by atoms with E-state index in [9.17, 15) is 8.42 Å². The van der Waals surface area contributed by atoms with Crippen molar-refractivity contribution in [1.82, 2.24) is 9.21 Å². The van der Waals surface area contributed by atoms with E-state index in [1.807, 2.05) is 12.1 Å². The highest BCUT2D eigenvalue weighted by molar-refractivity contribution is 7.89. The summed E-state index contributed by atoms with van der Waals surface area (Å²) in [6.45, 7) is 6.30. The molecule has 1 aromatic carbocycles. The largest absolute Gasteiger partial charge is 0.379 e. The van der Waals surface area contributed by atoms with Crippen molar-refractivity contribution in [2.45, 2.75) is 43.2 Å².